The fourth-order valence-corrected chi connectivity index (χ4v) is 2.94. The van der Waals surface area contributed by atoms with Crippen molar-refractivity contribution in [2.75, 3.05) is 6.61 Å². The van der Waals surface area contributed by atoms with Crippen molar-refractivity contribution >= 4 is 0 Å². The third-order valence-corrected chi connectivity index (χ3v) is 4.07. The zero-order valence-electron chi connectivity index (χ0n) is 16.5. The van der Waals surface area contributed by atoms with Gasteiger partial charge >= 0.3 is 12.0 Å². The molecule has 0 N–H and O–H groups in total. The topological polar surface area (TPSA) is 18.5 Å². The highest BCUT2D eigenvalue weighted by atomic mass is 19.4. The van der Waals surface area contributed by atoms with E-state index in [-0.39, 0.29) is 12.2 Å². The molecule has 0 fully saturated rings. The smallest absolute Gasteiger partial charge is 0.339 e. The maximum atomic E-state index is 14.0. The Morgan fingerprint density at radius 2 is 1.68 bits per heavy atom. The first-order valence-electron chi connectivity index (χ1n) is 8.99. The van der Waals surface area contributed by atoms with Gasteiger partial charge in [-0.1, -0.05) is 31.6 Å². The second kappa shape index (κ2) is 7.72. The minimum Gasteiger partial charge on any atom is -0.339 e. The van der Waals surface area contributed by atoms with Gasteiger partial charge in [0.15, 0.2) is 0 Å². The lowest BCUT2D eigenvalue weighted by molar-refractivity contribution is -0.368. The summed E-state index contributed by atoms with van der Waals surface area (Å²) in [5, 5.41) is 0. The lowest BCUT2D eigenvalue weighted by Crippen LogP contribution is -2.51. The Kier molecular flexibility index (Phi) is 6.81. The lowest BCUT2D eigenvalue weighted by Gasteiger charge is -2.34. The van der Waals surface area contributed by atoms with Crippen molar-refractivity contribution in [2.24, 2.45) is 5.41 Å². The molecule has 0 radical (unpaired) electrons. The number of alkyl halides is 3. The Morgan fingerprint density at radius 1 is 1.08 bits per heavy atom. The van der Waals surface area contributed by atoms with Gasteiger partial charge in [-0.15, -0.1) is 0 Å². The van der Waals surface area contributed by atoms with Gasteiger partial charge in [0.25, 0.3) is 0 Å². The third-order valence-electron chi connectivity index (χ3n) is 4.07. The van der Waals surface area contributed by atoms with Crippen LogP contribution in [0.3, 0.4) is 0 Å². The molecule has 0 aromatic carbocycles. The Hall–Kier alpha value is -0.990. The van der Waals surface area contributed by atoms with E-state index in [1.54, 1.807) is 13.8 Å². The number of hydrogen-bond acceptors (Lipinski definition) is 2. The average molecular weight is 360 g/mol. The number of ether oxygens (including phenoxy) is 2. The van der Waals surface area contributed by atoms with Gasteiger partial charge in [-0.2, -0.15) is 13.2 Å². The molecular formula is C20H31F3O2. The van der Waals surface area contributed by atoms with Gasteiger partial charge in [-0.3, -0.25) is 0 Å². The predicted molar refractivity (Wildman–Crippen MR) is 94.0 cm³/mol. The van der Waals surface area contributed by atoms with Gasteiger partial charge in [0, 0.05) is 12.0 Å². The predicted octanol–water partition coefficient (Wildman–Crippen LogP) is 6.02. The molecule has 25 heavy (non-hydrogen) atoms. The highest BCUT2D eigenvalue weighted by Gasteiger charge is 2.67. The van der Waals surface area contributed by atoms with Gasteiger partial charge in [0.05, 0.1) is 11.2 Å². The molecule has 1 aliphatic rings. The minimum atomic E-state index is -4.70. The van der Waals surface area contributed by atoms with E-state index in [9.17, 15) is 13.2 Å². The first kappa shape index (κ1) is 22.1. The third kappa shape index (κ3) is 5.01. The molecule has 0 saturated heterocycles. The van der Waals surface area contributed by atoms with Crippen LogP contribution >= 0.6 is 0 Å². The first-order chi connectivity index (χ1) is 11.3. The summed E-state index contributed by atoms with van der Waals surface area (Å²) in [5.74, 6) is 2.96. The normalized spacial score (nSPS) is 23.6. The SMILES string of the molecule is CCCCCC1=C(C#CC(C)(C)C)C(OCC)(C(F)(F)F)OC1(C)C. The zero-order chi connectivity index (χ0) is 19.5. The second-order valence-electron chi connectivity index (χ2n) is 7.97. The van der Waals surface area contributed by atoms with E-state index in [0.717, 1.165) is 19.3 Å². The number of rotatable bonds is 6. The summed E-state index contributed by atoms with van der Waals surface area (Å²) < 4.78 is 52.8. The van der Waals surface area contributed by atoms with Crippen LogP contribution in [0.2, 0.25) is 0 Å². The van der Waals surface area contributed by atoms with E-state index in [4.69, 9.17) is 9.47 Å². The minimum absolute atomic E-state index is 0.0575. The van der Waals surface area contributed by atoms with E-state index >= 15 is 0 Å². The van der Waals surface area contributed by atoms with Gasteiger partial charge < -0.3 is 9.47 Å². The molecule has 1 unspecified atom stereocenters. The molecule has 1 aliphatic heterocycles. The van der Waals surface area contributed by atoms with Crippen LogP contribution < -0.4 is 0 Å². The standard InChI is InChI=1S/C20H31F3O2/c1-8-10-11-12-15-16(13-14-17(3,4)5)19(24-9-2,20(21,22)23)25-18(15,6)7/h8-12H2,1-7H3. The van der Waals surface area contributed by atoms with Crippen LogP contribution in [0.25, 0.3) is 0 Å². The molecule has 0 aliphatic carbocycles. The fraction of sp³-hybridized carbons (Fsp3) is 0.800. The highest BCUT2D eigenvalue weighted by molar-refractivity contribution is 5.48. The quantitative estimate of drug-likeness (QED) is 0.426. The van der Waals surface area contributed by atoms with Gasteiger partial charge in [-0.25, -0.2) is 0 Å². The molecule has 0 saturated carbocycles. The van der Waals surface area contributed by atoms with Crippen LogP contribution in [0.4, 0.5) is 13.2 Å². The number of halogens is 3. The largest absolute Gasteiger partial charge is 0.448 e. The van der Waals surface area contributed by atoms with Crippen molar-refractivity contribution in [2.45, 2.75) is 91.7 Å². The molecule has 0 spiro atoms. The van der Waals surface area contributed by atoms with E-state index < -0.39 is 23.0 Å². The van der Waals surface area contributed by atoms with Crippen LogP contribution in [0.1, 0.15) is 74.1 Å². The van der Waals surface area contributed by atoms with E-state index in [0.29, 0.717) is 12.0 Å². The molecule has 144 valence electrons. The van der Waals surface area contributed by atoms with Gasteiger partial charge in [0.1, 0.15) is 0 Å². The Bertz CT molecular complexity index is 556. The van der Waals surface area contributed by atoms with Crippen molar-refractivity contribution in [1.82, 2.24) is 0 Å². The maximum Gasteiger partial charge on any atom is 0.448 e. The Labute approximate surface area is 150 Å². The van der Waals surface area contributed by atoms with E-state index in [1.165, 1.54) is 6.92 Å². The van der Waals surface area contributed by atoms with Crippen LogP contribution in [0.15, 0.2) is 11.1 Å². The molecule has 1 atom stereocenters. The summed E-state index contributed by atoms with van der Waals surface area (Å²) in [5.41, 5.74) is -0.945. The van der Waals surface area contributed by atoms with Crippen LogP contribution in [0, 0.1) is 17.3 Å². The van der Waals surface area contributed by atoms with Gasteiger partial charge in [0.2, 0.25) is 0 Å². The average Bonchev–Trinajstić information content (AvgIpc) is 2.64. The maximum absolute atomic E-state index is 14.0. The molecule has 0 aromatic heterocycles. The summed E-state index contributed by atoms with van der Waals surface area (Å²) in [6, 6.07) is 0. The van der Waals surface area contributed by atoms with Crippen LogP contribution in [-0.2, 0) is 9.47 Å². The second-order valence-corrected chi connectivity index (χ2v) is 7.97. The molecule has 0 bridgehead atoms. The molecule has 1 heterocycles. The fourth-order valence-electron chi connectivity index (χ4n) is 2.94. The number of unbranched alkanes of at least 4 members (excludes halogenated alkanes) is 2. The van der Waals surface area contributed by atoms with Crippen molar-refractivity contribution in [3.63, 3.8) is 0 Å². The Balaban J connectivity index is 3.57. The summed E-state index contributed by atoms with van der Waals surface area (Å²) >= 11 is 0. The summed E-state index contributed by atoms with van der Waals surface area (Å²) in [4.78, 5) is 0. The van der Waals surface area contributed by atoms with Crippen LogP contribution in [-0.4, -0.2) is 24.2 Å². The van der Waals surface area contributed by atoms with Gasteiger partial charge in [-0.05, 0) is 60.0 Å². The highest BCUT2D eigenvalue weighted by Crippen LogP contribution is 2.52. The van der Waals surface area contributed by atoms with E-state index in [2.05, 4.69) is 18.8 Å². The van der Waals surface area contributed by atoms with Crippen molar-refractivity contribution in [1.29, 1.82) is 0 Å². The van der Waals surface area contributed by atoms with Crippen molar-refractivity contribution in [3.8, 4) is 11.8 Å². The summed E-state index contributed by atoms with van der Waals surface area (Å²) in [6.45, 7) is 12.4. The molecule has 5 heteroatoms. The summed E-state index contributed by atoms with van der Waals surface area (Å²) in [7, 11) is 0. The van der Waals surface area contributed by atoms with Crippen molar-refractivity contribution < 1.29 is 22.6 Å². The first-order valence-corrected chi connectivity index (χ1v) is 8.99. The molecule has 0 aromatic rings. The molecule has 1 rings (SSSR count). The lowest BCUT2D eigenvalue weighted by atomic mass is 9.88. The molecule has 2 nitrogen and oxygen atoms in total. The molecule has 0 amide bonds. The monoisotopic (exact) mass is 360 g/mol. The van der Waals surface area contributed by atoms with Crippen molar-refractivity contribution in [3.05, 3.63) is 11.1 Å². The number of hydrogen-bond donors (Lipinski definition) is 0. The Morgan fingerprint density at radius 3 is 2.12 bits per heavy atom. The van der Waals surface area contributed by atoms with Crippen LogP contribution in [0.5, 0.6) is 0 Å². The summed E-state index contributed by atoms with van der Waals surface area (Å²) in [6.07, 6.45) is -1.42. The molecular weight excluding hydrogens is 329 g/mol. The van der Waals surface area contributed by atoms with E-state index in [1.807, 2.05) is 20.8 Å². The zero-order valence-corrected chi connectivity index (χ0v) is 16.5.